The van der Waals surface area contributed by atoms with Gasteiger partial charge in [0.15, 0.2) is 0 Å². The number of fused-ring (bicyclic) bond motifs is 1. The summed E-state index contributed by atoms with van der Waals surface area (Å²) in [6.07, 6.45) is 4.07. The quantitative estimate of drug-likeness (QED) is 0.804. The van der Waals surface area contributed by atoms with Gasteiger partial charge in [0.05, 0.1) is 0 Å². The van der Waals surface area contributed by atoms with E-state index in [-0.39, 0.29) is 17.6 Å². The third-order valence-corrected chi connectivity index (χ3v) is 5.60. The molecular weight excluding hydrogens is 357 g/mol. The Balaban J connectivity index is 1.45. The van der Waals surface area contributed by atoms with Crippen LogP contribution in [-0.2, 0) is 12.8 Å². The number of benzene rings is 1. The van der Waals surface area contributed by atoms with Crippen molar-refractivity contribution in [2.75, 3.05) is 26.2 Å². The number of aryl methyl sites for hydroxylation is 2. The van der Waals surface area contributed by atoms with Gasteiger partial charge in [-0.05, 0) is 68.5 Å². The molecule has 0 bridgehead atoms. The molecule has 1 aliphatic heterocycles. The van der Waals surface area contributed by atoms with Crippen LogP contribution in [0, 0.1) is 12.7 Å². The van der Waals surface area contributed by atoms with Gasteiger partial charge in [-0.15, -0.1) is 0 Å². The first kappa shape index (κ1) is 18.6. The second-order valence-corrected chi connectivity index (χ2v) is 7.53. The Morgan fingerprint density at radius 2 is 1.54 bits per heavy atom. The van der Waals surface area contributed by atoms with E-state index in [1.165, 1.54) is 24.3 Å². The van der Waals surface area contributed by atoms with Gasteiger partial charge in [-0.25, -0.2) is 4.39 Å². The summed E-state index contributed by atoms with van der Waals surface area (Å²) in [6.45, 7) is 3.90. The molecule has 28 heavy (non-hydrogen) atoms. The first-order chi connectivity index (χ1) is 13.5. The van der Waals surface area contributed by atoms with Gasteiger partial charge in [0.2, 0.25) is 0 Å². The van der Waals surface area contributed by atoms with Crippen LogP contribution < -0.4 is 0 Å². The van der Waals surface area contributed by atoms with Crippen molar-refractivity contribution in [3.63, 3.8) is 0 Å². The van der Waals surface area contributed by atoms with Gasteiger partial charge in [0, 0.05) is 48.7 Å². The third-order valence-electron chi connectivity index (χ3n) is 5.60. The molecule has 0 saturated carbocycles. The molecular formula is C22H24FN3O2. The number of carbonyl (C=O) groups excluding carboxylic acids is 2. The Morgan fingerprint density at radius 3 is 2.21 bits per heavy atom. The van der Waals surface area contributed by atoms with Crippen molar-refractivity contribution in [3.05, 3.63) is 64.2 Å². The van der Waals surface area contributed by atoms with E-state index in [1.54, 1.807) is 4.90 Å². The molecule has 2 heterocycles. The van der Waals surface area contributed by atoms with Gasteiger partial charge in [-0.2, -0.15) is 0 Å². The third kappa shape index (κ3) is 3.63. The zero-order chi connectivity index (χ0) is 19.7. The number of hydrogen-bond acceptors (Lipinski definition) is 3. The van der Waals surface area contributed by atoms with Gasteiger partial charge in [0.25, 0.3) is 11.8 Å². The molecule has 1 aliphatic carbocycles. The number of halogens is 1. The zero-order valence-corrected chi connectivity index (χ0v) is 16.1. The fourth-order valence-electron chi connectivity index (χ4n) is 4.09. The van der Waals surface area contributed by atoms with E-state index in [0.29, 0.717) is 31.7 Å². The Bertz CT molecular complexity index is 903. The molecule has 2 aliphatic rings. The maximum absolute atomic E-state index is 13.2. The molecule has 4 rings (SSSR count). The summed E-state index contributed by atoms with van der Waals surface area (Å²) >= 11 is 0. The monoisotopic (exact) mass is 381 g/mol. The summed E-state index contributed by atoms with van der Waals surface area (Å²) < 4.78 is 13.1. The number of amides is 2. The van der Waals surface area contributed by atoms with Crippen LogP contribution in [0.1, 0.15) is 50.5 Å². The zero-order valence-electron chi connectivity index (χ0n) is 16.1. The second kappa shape index (κ2) is 7.70. The normalized spacial score (nSPS) is 16.6. The predicted molar refractivity (Wildman–Crippen MR) is 104 cm³/mol. The summed E-state index contributed by atoms with van der Waals surface area (Å²) in [7, 11) is 0. The highest BCUT2D eigenvalue weighted by Crippen LogP contribution is 2.25. The molecule has 5 nitrogen and oxygen atoms in total. The molecule has 0 atom stereocenters. The average molecular weight is 381 g/mol. The van der Waals surface area contributed by atoms with Crippen LogP contribution in [0.2, 0.25) is 0 Å². The lowest BCUT2D eigenvalue weighted by Gasteiger charge is -2.35. The number of aromatic nitrogens is 1. The fourth-order valence-corrected chi connectivity index (χ4v) is 4.09. The first-order valence-electron chi connectivity index (χ1n) is 9.86. The van der Waals surface area contributed by atoms with E-state index in [4.69, 9.17) is 0 Å². The Morgan fingerprint density at radius 1 is 0.929 bits per heavy atom. The number of hydrogen-bond donors (Lipinski definition) is 0. The lowest BCUT2D eigenvalue weighted by molar-refractivity contribution is 0.0534. The standard InChI is InChI=1S/C22H24FN3O2/c1-15-14-19(18-4-2-3-5-20(18)24-15)22(28)26-12-10-25(11-13-26)21(27)16-6-8-17(23)9-7-16/h6-9,14H,2-5,10-13H2,1H3. The average Bonchev–Trinajstić information content (AvgIpc) is 2.73. The molecule has 1 aromatic heterocycles. The van der Waals surface area contributed by atoms with Gasteiger partial charge in [-0.1, -0.05) is 0 Å². The van der Waals surface area contributed by atoms with Crippen LogP contribution in [0.25, 0.3) is 0 Å². The van der Waals surface area contributed by atoms with Crippen LogP contribution in [0.4, 0.5) is 4.39 Å². The lowest BCUT2D eigenvalue weighted by atomic mass is 9.91. The molecule has 0 spiro atoms. The van der Waals surface area contributed by atoms with Gasteiger partial charge < -0.3 is 9.80 Å². The molecule has 0 unspecified atom stereocenters. The van der Waals surface area contributed by atoms with Crippen LogP contribution in [0.5, 0.6) is 0 Å². The summed E-state index contributed by atoms with van der Waals surface area (Å²) in [6, 6.07) is 7.49. The first-order valence-corrected chi connectivity index (χ1v) is 9.86. The maximum atomic E-state index is 13.2. The molecule has 1 saturated heterocycles. The molecule has 1 fully saturated rings. The predicted octanol–water partition coefficient (Wildman–Crippen LogP) is 3.01. The molecule has 2 amide bonds. The van der Waals surface area contributed by atoms with Gasteiger partial charge in [0.1, 0.15) is 5.82 Å². The van der Waals surface area contributed by atoms with Crippen molar-refractivity contribution >= 4 is 11.8 Å². The minimum absolute atomic E-state index is 0.0394. The van der Waals surface area contributed by atoms with Crippen molar-refractivity contribution < 1.29 is 14.0 Å². The molecule has 0 N–H and O–H groups in total. The minimum Gasteiger partial charge on any atom is -0.335 e. The highest BCUT2D eigenvalue weighted by Gasteiger charge is 2.28. The molecule has 6 heteroatoms. The maximum Gasteiger partial charge on any atom is 0.254 e. The lowest BCUT2D eigenvalue weighted by Crippen LogP contribution is -2.50. The van der Waals surface area contributed by atoms with Crippen LogP contribution in [-0.4, -0.2) is 52.8 Å². The van der Waals surface area contributed by atoms with E-state index in [2.05, 4.69) is 4.98 Å². The molecule has 146 valence electrons. The van der Waals surface area contributed by atoms with E-state index in [1.807, 2.05) is 17.9 Å². The molecule has 2 aromatic rings. The highest BCUT2D eigenvalue weighted by atomic mass is 19.1. The minimum atomic E-state index is -0.358. The molecule has 0 radical (unpaired) electrons. The summed E-state index contributed by atoms with van der Waals surface area (Å²) in [5.41, 5.74) is 4.31. The van der Waals surface area contributed by atoms with Crippen LogP contribution in [0.3, 0.4) is 0 Å². The van der Waals surface area contributed by atoms with Crippen molar-refractivity contribution in [2.24, 2.45) is 0 Å². The highest BCUT2D eigenvalue weighted by molar-refractivity contribution is 5.97. The number of pyridine rings is 1. The summed E-state index contributed by atoms with van der Waals surface area (Å²) in [5, 5.41) is 0. The van der Waals surface area contributed by atoms with E-state index in [9.17, 15) is 14.0 Å². The van der Waals surface area contributed by atoms with Gasteiger partial charge in [-0.3, -0.25) is 14.6 Å². The smallest absolute Gasteiger partial charge is 0.254 e. The van der Waals surface area contributed by atoms with E-state index in [0.717, 1.165) is 48.2 Å². The second-order valence-electron chi connectivity index (χ2n) is 7.53. The van der Waals surface area contributed by atoms with Crippen molar-refractivity contribution in [3.8, 4) is 0 Å². The summed E-state index contributed by atoms with van der Waals surface area (Å²) in [5.74, 6) is -0.440. The summed E-state index contributed by atoms with van der Waals surface area (Å²) in [4.78, 5) is 33.9. The fraction of sp³-hybridized carbons (Fsp3) is 0.409. The van der Waals surface area contributed by atoms with E-state index >= 15 is 0 Å². The van der Waals surface area contributed by atoms with Crippen LogP contribution >= 0.6 is 0 Å². The van der Waals surface area contributed by atoms with Crippen molar-refractivity contribution in [1.82, 2.24) is 14.8 Å². The van der Waals surface area contributed by atoms with Crippen molar-refractivity contribution in [1.29, 1.82) is 0 Å². The Kier molecular flexibility index (Phi) is 5.11. The van der Waals surface area contributed by atoms with Crippen LogP contribution in [0.15, 0.2) is 30.3 Å². The molecule has 1 aromatic carbocycles. The largest absolute Gasteiger partial charge is 0.335 e. The Labute approximate surface area is 164 Å². The van der Waals surface area contributed by atoms with Gasteiger partial charge >= 0.3 is 0 Å². The van der Waals surface area contributed by atoms with Crippen molar-refractivity contribution in [2.45, 2.75) is 32.6 Å². The topological polar surface area (TPSA) is 53.5 Å². The van der Waals surface area contributed by atoms with E-state index < -0.39 is 0 Å². The SMILES string of the molecule is Cc1cc(C(=O)N2CCN(C(=O)c3ccc(F)cc3)CC2)c2c(n1)CCCC2. The number of piperazine rings is 1. The number of rotatable bonds is 2. The number of nitrogens with zero attached hydrogens (tertiary/aromatic N) is 3. The number of carbonyl (C=O) groups is 2. The Hall–Kier alpha value is -2.76.